The van der Waals surface area contributed by atoms with Crippen LogP contribution in [0.3, 0.4) is 0 Å². The van der Waals surface area contributed by atoms with Gasteiger partial charge in [0.1, 0.15) is 11.6 Å². The van der Waals surface area contributed by atoms with E-state index in [-0.39, 0.29) is 0 Å². The van der Waals surface area contributed by atoms with Crippen LogP contribution >= 0.6 is 0 Å². The molecule has 1 unspecified atom stereocenters. The van der Waals surface area contributed by atoms with Crippen LogP contribution in [0.4, 0.5) is 5.82 Å². The van der Waals surface area contributed by atoms with Gasteiger partial charge in [-0.25, -0.2) is 4.68 Å². The summed E-state index contributed by atoms with van der Waals surface area (Å²) in [5.41, 5.74) is 2.03. The number of phenolic OH excluding ortho intramolecular Hbond substituents is 1. The largest absolute Gasteiger partial charge is 0.508 e. The quantitative estimate of drug-likeness (QED) is 0.867. The molecule has 0 bridgehead atoms. The standard InChI is InChI=1S/C15H17N3O/c19-12-5-3-10(4-6-12)13-9-15-16-8-7-14(11-1-2-11)18(15)17-13/h3-6,9,11,14,16,19H,1-2,7-8H2. The number of aromatic nitrogens is 2. The van der Waals surface area contributed by atoms with Gasteiger partial charge in [0.25, 0.3) is 0 Å². The van der Waals surface area contributed by atoms with Gasteiger partial charge in [-0.3, -0.25) is 0 Å². The molecule has 1 saturated carbocycles. The van der Waals surface area contributed by atoms with Gasteiger partial charge in [-0.1, -0.05) is 0 Å². The average molecular weight is 255 g/mol. The van der Waals surface area contributed by atoms with Crippen LogP contribution in [0.15, 0.2) is 30.3 Å². The van der Waals surface area contributed by atoms with Crippen LogP contribution in [0, 0.1) is 5.92 Å². The first-order chi connectivity index (χ1) is 9.31. The Labute approximate surface area is 112 Å². The third-order valence-corrected chi connectivity index (χ3v) is 4.13. The number of phenols is 1. The summed E-state index contributed by atoms with van der Waals surface area (Å²) in [5.74, 6) is 2.25. The maximum absolute atomic E-state index is 9.35. The van der Waals surface area contributed by atoms with Crippen molar-refractivity contribution in [3.63, 3.8) is 0 Å². The lowest BCUT2D eigenvalue weighted by Crippen LogP contribution is -2.24. The number of hydrogen-bond acceptors (Lipinski definition) is 3. The summed E-state index contributed by atoms with van der Waals surface area (Å²) < 4.78 is 2.17. The Balaban J connectivity index is 1.73. The van der Waals surface area contributed by atoms with Crippen molar-refractivity contribution < 1.29 is 5.11 Å². The number of nitrogens with zero attached hydrogens (tertiary/aromatic N) is 2. The molecule has 98 valence electrons. The summed E-state index contributed by atoms with van der Waals surface area (Å²) in [4.78, 5) is 0. The van der Waals surface area contributed by atoms with E-state index in [0.717, 1.165) is 29.5 Å². The molecule has 2 aliphatic rings. The number of fused-ring (bicyclic) bond motifs is 1. The molecule has 2 N–H and O–H groups in total. The fourth-order valence-electron chi connectivity index (χ4n) is 2.94. The van der Waals surface area contributed by atoms with E-state index in [1.165, 1.54) is 19.3 Å². The molecule has 0 radical (unpaired) electrons. The molecule has 1 atom stereocenters. The van der Waals surface area contributed by atoms with Crippen LogP contribution in [0.25, 0.3) is 11.3 Å². The number of benzene rings is 1. The zero-order chi connectivity index (χ0) is 12.8. The van der Waals surface area contributed by atoms with Crippen molar-refractivity contribution in [2.45, 2.75) is 25.3 Å². The van der Waals surface area contributed by atoms with Gasteiger partial charge in [0.05, 0.1) is 11.7 Å². The third kappa shape index (κ3) is 1.87. The van der Waals surface area contributed by atoms with Crippen molar-refractivity contribution >= 4 is 5.82 Å². The maximum Gasteiger partial charge on any atom is 0.125 e. The first-order valence-electron chi connectivity index (χ1n) is 6.94. The number of anilines is 1. The molecule has 0 spiro atoms. The smallest absolute Gasteiger partial charge is 0.125 e. The SMILES string of the molecule is Oc1ccc(-c2cc3n(n2)C(C2CC2)CCN3)cc1. The van der Waals surface area contributed by atoms with Crippen molar-refractivity contribution in [3.8, 4) is 17.0 Å². The van der Waals surface area contributed by atoms with Crippen LogP contribution < -0.4 is 5.32 Å². The molecule has 1 fully saturated rings. The minimum atomic E-state index is 0.293. The lowest BCUT2D eigenvalue weighted by molar-refractivity contribution is 0.376. The van der Waals surface area contributed by atoms with Gasteiger partial charge < -0.3 is 10.4 Å². The zero-order valence-electron chi connectivity index (χ0n) is 10.7. The number of rotatable bonds is 2. The number of aromatic hydroxyl groups is 1. The van der Waals surface area contributed by atoms with Gasteiger partial charge >= 0.3 is 0 Å². The second-order valence-electron chi connectivity index (χ2n) is 5.53. The predicted octanol–water partition coefficient (Wildman–Crippen LogP) is 3.02. The minimum Gasteiger partial charge on any atom is -0.508 e. The second-order valence-corrected chi connectivity index (χ2v) is 5.53. The van der Waals surface area contributed by atoms with E-state index < -0.39 is 0 Å². The molecule has 1 aromatic heterocycles. The van der Waals surface area contributed by atoms with Gasteiger partial charge in [0.15, 0.2) is 0 Å². The molecule has 0 saturated heterocycles. The molecular formula is C15H17N3O. The van der Waals surface area contributed by atoms with Crippen LogP contribution in [0.5, 0.6) is 5.75 Å². The molecule has 1 aromatic carbocycles. The fourth-order valence-corrected chi connectivity index (χ4v) is 2.94. The van der Waals surface area contributed by atoms with E-state index >= 15 is 0 Å². The van der Waals surface area contributed by atoms with Crippen molar-refractivity contribution in [2.75, 3.05) is 11.9 Å². The molecule has 2 aromatic rings. The molecule has 4 heteroatoms. The van der Waals surface area contributed by atoms with E-state index in [1.807, 2.05) is 12.1 Å². The summed E-state index contributed by atoms with van der Waals surface area (Å²) in [5, 5.41) is 17.5. The van der Waals surface area contributed by atoms with E-state index in [4.69, 9.17) is 5.10 Å². The average Bonchev–Trinajstić information content (AvgIpc) is 3.17. The Morgan fingerprint density at radius 1 is 1.16 bits per heavy atom. The Morgan fingerprint density at radius 2 is 1.95 bits per heavy atom. The highest BCUT2D eigenvalue weighted by atomic mass is 16.3. The molecule has 1 aliphatic carbocycles. The lowest BCUT2D eigenvalue weighted by atomic mass is 10.1. The minimum absolute atomic E-state index is 0.293. The Morgan fingerprint density at radius 3 is 2.68 bits per heavy atom. The Bertz CT molecular complexity index is 598. The van der Waals surface area contributed by atoms with Gasteiger partial charge in [-0.15, -0.1) is 0 Å². The van der Waals surface area contributed by atoms with Crippen molar-refractivity contribution in [3.05, 3.63) is 30.3 Å². The van der Waals surface area contributed by atoms with Crippen molar-refractivity contribution in [1.82, 2.24) is 9.78 Å². The van der Waals surface area contributed by atoms with Crippen molar-refractivity contribution in [2.24, 2.45) is 5.92 Å². The fraction of sp³-hybridized carbons (Fsp3) is 0.400. The van der Waals surface area contributed by atoms with Gasteiger partial charge in [0.2, 0.25) is 0 Å². The first kappa shape index (κ1) is 10.9. The first-order valence-corrected chi connectivity index (χ1v) is 6.94. The van der Waals surface area contributed by atoms with Crippen molar-refractivity contribution in [1.29, 1.82) is 0 Å². The number of nitrogens with one attached hydrogen (secondary N) is 1. The Hall–Kier alpha value is -1.97. The molecule has 19 heavy (non-hydrogen) atoms. The maximum atomic E-state index is 9.35. The molecule has 1 aliphatic heterocycles. The highest BCUT2D eigenvalue weighted by Crippen LogP contribution is 2.44. The van der Waals surface area contributed by atoms with Crippen LogP contribution in [0.1, 0.15) is 25.3 Å². The number of hydrogen-bond donors (Lipinski definition) is 2. The highest BCUT2D eigenvalue weighted by molar-refractivity contribution is 5.64. The summed E-state index contributed by atoms with van der Waals surface area (Å²) in [6, 6.07) is 9.92. The summed E-state index contributed by atoms with van der Waals surface area (Å²) in [7, 11) is 0. The van der Waals surface area contributed by atoms with Gasteiger partial charge in [0, 0.05) is 18.2 Å². The van der Waals surface area contributed by atoms with Gasteiger partial charge in [-0.05, 0) is 49.4 Å². The highest BCUT2D eigenvalue weighted by Gasteiger charge is 2.35. The van der Waals surface area contributed by atoms with Gasteiger partial charge in [-0.2, -0.15) is 5.10 Å². The van der Waals surface area contributed by atoms with E-state index in [1.54, 1.807) is 12.1 Å². The summed E-state index contributed by atoms with van der Waals surface area (Å²) >= 11 is 0. The molecule has 4 rings (SSSR count). The third-order valence-electron chi connectivity index (χ3n) is 4.13. The lowest BCUT2D eigenvalue weighted by Gasteiger charge is -2.25. The second kappa shape index (κ2) is 4.02. The Kier molecular flexibility index (Phi) is 2.31. The normalized spacial score (nSPS) is 21.8. The van der Waals surface area contributed by atoms with Crippen LogP contribution in [-0.2, 0) is 0 Å². The van der Waals surface area contributed by atoms with Crippen LogP contribution in [0.2, 0.25) is 0 Å². The summed E-state index contributed by atoms with van der Waals surface area (Å²) in [6.45, 7) is 1.04. The molecule has 4 nitrogen and oxygen atoms in total. The molecular weight excluding hydrogens is 238 g/mol. The topological polar surface area (TPSA) is 50.1 Å². The van der Waals surface area contributed by atoms with E-state index in [9.17, 15) is 5.11 Å². The zero-order valence-corrected chi connectivity index (χ0v) is 10.7. The van der Waals surface area contributed by atoms with E-state index in [0.29, 0.717) is 11.8 Å². The molecule has 0 amide bonds. The molecule has 2 heterocycles. The van der Waals surface area contributed by atoms with E-state index in [2.05, 4.69) is 16.1 Å². The predicted molar refractivity (Wildman–Crippen MR) is 74.2 cm³/mol. The van der Waals surface area contributed by atoms with Crippen LogP contribution in [-0.4, -0.2) is 21.4 Å². The summed E-state index contributed by atoms with van der Waals surface area (Å²) in [6.07, 6.45) is 3.87. The monoisotopic (exact) mass is 255 g/mol.